The number of nitrogens with one attached hydrogen (secondary N) is 1. The molecule has 0 saturated carbocycles. The molecule has 1 unspecified atom stereocenters. The van der Waals surface area contributed by atoms with Crippen LogP contribution >= 0.6 is 0 Å². The minimum atomic E-state index is -2.81. The molecule has 0 spiro atoms. The van der Waals surface area contributed by atoms with E-state index in [-0.39, 0.29) is 11.9 Å². The largest absolute Gasteiger partial charge is 0.312 e. The molecule has 0 amide bonds. The van der Waals surface area contributed by atoms with Crippen molar-refractivity contribution in [2.75, 3.05) is 0 Å². The zero-order chi connectivity index (χ0) is 10.6. The van der Waals surface area contributed by atoms with Crippen LogP contribution in [0.2, 0.25) is 0 Å². The van der Waals surface area contributed by atoms with Crippen molar-refractivity contribution >= 4 is 5.84 Å². The third-order valence-corrected chi connectivity index (χ3v) is 1.72. The molecule has 0 bridgehead atoms. The summed E-state index contributed by atoms with van der Waals surface area (Å²) >= 11 is 0. The van der Waals surface area contributed by atoms with Crippen LogP contribution in [0.1, 0.15) is 27.7 Å². The van der Waals surface area contributed by atoms with Crippen molar-refractivity contribution in [1.29, 1.82) is 0 Å². The Morgan fingerprint density at radius 2 is 1.85 bits per heavy atom. The molecule has 0 rings (SSSR count). The second-order valence-electron chi connectivity index (χ2n) is 3.43. The highest BCUT2D eigenvalue weighted by molar-refractivity contribution is 5.84. The Morgan fingerprint density at radius 1 is 1.38 bits per heavy atom. The van der Waals surface area contributed by atoms with Crippen LogP contribution in [0.3, 0.4) is 0 Å². The Morgan fingerprint density at radius 3 is 2.08 bits per heavy atom. The Balaban J connectivity index is 4.60. The van der Waals surface area contributed by atoms with E-state index in [1.54, 1.807) is 13.8 Å². The molecule has 3 N–H and O–H groups in total. The second kappa shape index (κ2) is 4.50. The maximum Gasteiger partial charge on any atom is 0.254 e. The third-order valence-electron chi connectivity index (χ3n) is 1.72. The Bertz CT molecular complexity index is 184. The van der Waals surface area contributed by atoms with Crippen molar-refractivity contribution in [2.45, 2.75) is 39.7 Å². The molecule has 3 nitrogen and oxygen atoms in total. The molecular formula is C8H17F2N3. The molecule has 13 heavy (non-hydrogen) atoms. The molecule has 0 aliphatic carbocycles. The smallest absolute Gasteiger partial charge is 0.254 e. The molecule has 0 saturated heterocycles. The lowest BCUT2D eigenvalue weighted by Crippen LogP contribution is -2.42. The van der Waals surface area contributed by atoms with Crippen molar-refractivity contribution in [3.63, 3.8) is 0 Å². The minimum absolute atomic E-state index is 0.0455. The number of amidine groups is 1. The number of nitrogens with zero attached hydrogens (tertiary/aromatic N) is 1. The van der Waals surface area contributed by atoms with Crippen LogP contribution in [-0.2, 0) is 0 Å². The highest BCUT2D eigenvalue weighted by atomic mass is 19.3. The lowest BCUT2D eigenvalue weighted by Gasteiger charge is -2.21. The molecule has 0 radical (unpaired) electrons. The van der Waals surface area contributed by atoms with Crippen LogP contribution in [0.25, 0.3) is 0 Å². The summed E-state index contributed by atoms with van der Waals surface area (Å²) in [4.78, 5) is 3.96. The molecule has 0 aromatic carbocycles. The summed E-state index contributed by atoms with van der Waals surface area (Å²) in [6.07, 6.45) is 0. The average molecular weight is 193 g/mol. The fourth-order valence-electron chi connectivity index (χ4n) is 0.792. The fraction of sp³-hybridized carbons (Fsp3) is 0.875. The van der Waals surface area contributed by atoms with Crippen LogP contribution in [0, 0.1) is 5.92 Å². The van der Waals surface area contributed by atoms with Gasteiger partial charge in [-0.15, -0.1) is 0 Å². The maximum atomic E-state index is 12.8. The third kappa shape index (κ3) is 4.17. The van der Waals surface area contributed by atoms with Crippen LogP contribution < -0.4 is 11.3 Å². The molecule has 0 aromatic rings. The van der Waals surface area contributed by atoms with E-state index in [9.17, 15) is 8.78 Å². The predicted octanol–water partition coefficient (Wildman–Crippen LogP) is 1.55. The molecular weight excluding hydrogens is 176 g/mol. The number of hydrazine groups is 1. The van der Waals surface area contributed by atoms with E-state index in [1.165, 1.54) is 6.92 Å². The Hall–Kier alpha value is -0.710. The molecule has 0 aliphatic heterocycles. The highest BCUT2D eigenvalue weighted by Crippen LogP contribution is 2.23. The lowest BCUT2D eigenvalue weighted by molar-refractivity contribution is -0.00828. The average Bonchev–Trinajstić information content (AvgIpc) is 1.96. The van der Waals surface area contributed by atoms with Gasteiger partial charge in [-0.2, -0.15) is 0 Å². The monoisotopic (exact) mass is 193 g/mol. The van der Waals surface area contributed by atoms with E-state index < -0.39 is 11.8 Å². The quantitative estimate of drug-likeness (QED) is 0.309. The summed E-state index contributed by atoms with van der Waals surface area (Å²) in [5, 5.41) is 0. The fourth-order valence-corrected chi connectivity index (χ4v) is 0.792. The molecule has 1 atom stereocenters. The first-order chi connectivity index (χ1) is 5.79. The zero-order valence-corrected chi connectivity index (χ0v) is 8.44. The standard InChI is InChI=1S/C8H17F2N3/c1-5(2)12-7(13-11)6(3)8(4,9)10/h5-6H,11H2,1-4H3,(H,12,13). The second-order valence-corrected chi connectivity index (χ2v) is 3.43. The highest BCUT2D eigenvalue weighted by Gasteiger charge is 2.33. The Kier molecular flexibility index (Phi) is 4.26. The molecule has 0 aromatic heterocycles. The first-order valence-electron chi connectivity index (χ1n) is 4.21. The van der Waals surface area contributed by atoms with Crippen molar-refractivity contribution in [1.82, 2.24) is 5.43 Å². The van der Waals surface area contributed by atoms with Gasteiger partial charge >= 0.3 is 0 Å². The van der Waals surface area contributed by atoms with Gasteiger partial charge in [0.05, 0.1) is 5.92 Å². The number of nitrogens with two attached hydrogens (primary N) is 1. The summed E-state index contributed by atoms with van der Waals surface area (Å²) in [7, 11) is 0. The van der Waals surface area contributed by atoms with Crippen molar-refractivity contribution in [3.05, 3.63) is 0 Å². The summed E-state index contributed by atoms with van der Waals surface area (Å²) in [6, 6.07) is -0.0455. The topological polar surface area (TPSA) is 50.4 Å². The van der Waals surface area contributed by atoms with Crippen LogP contribution in [-0.4, -0.2) is 17.8 Å². The summed E-state index contributed by atoms with van der Waals surface area (Å²) in [5.74, 6) is 1.45. The first-order valence-corrected chi connectivity index (χ1v) is 4.21. The van der Waals surface area contributed by atoms with E-state index >= 15 is 0 Å². The van der Waals surface area contributed by atoms with Gasteiger partial charge in [0.1, 0.15) is 5.84 Å². The minimum Gasteiger partial charge on any atom is -0.312 e. The SMILES string of the molecule is CC(C)N=C(NN)C(C)C(C)(F)F. The van der Waals surface area contributed by atoms with Gasteiger partial charge in [0.15, 0.2) is 0 Å². The van der Waals surface area contributed by atoms with Gasteiger partial charge in [-0.25, -0.2) is 14.6 Å². The number of alkyl halides is 2. The molecule has 0 aliphatic rings. The van der Waals surface area contributed by atoms with Gasteiger partial charge in [-0.3, -0.25) is 4.99 Å². The summed E-state index contributed by atoms with van der Waals surface area (Å²) in [5.41, 5.74) is 2.21. The zero-order valence-electron chi connectivity index (χ0n) is 8.44. The summed E-state index contributed by atoms with van der Waals surface area (Å²) < 4.78 is 25.7. The number of hydrogen-bond donors (Lipinski definition) is 2. The van der Waals surface area contributed by atoms with E-state index in [0.29, 0.717) is 0 Å². The van der Waals surface area contributed by atoms with Gasteiger partial charge < -0.3 is 5.43 Å². The van der Waals surface area contributed by atoms with Gasteiger partial charge in [-0.1, -0.05) is 0 Å². The summed E-state index contributed by atoms with van der Waals surface area (Å²) in [6.45, 7) is 5.85. The molecule has 0 heterocycles. The molecule has 5 heteroatoms. The van der Waals surface area contributed by atoms with Gasteiger partial charge in [-0.05, 0) is 20.8 Å². The number of rotatable bonds is 3. The Labute approximate surface area is 77.4 Å². The van der Waals surface area contributed by atoms with E-state index in [2.05, 4.69) is 10.4 Å². The lowest BCUT2D eigenvalue weighted by atomic mass is 10.0. The number of halogens is 2. The number of aliphatic imine (C=N–C) groups is 1. The van der Waals surface area contributed by atoms with Crippen molar-refractivity contribution < 1.29 is 8.78 Å². The van der Waals surface area contributed by atoms with Gasteiger partial charge in [0, 0.05) is 13.0 Å². The van der Waals surface area contributed by atoms with E-state index in [1.807, 2.05) is 0 Å². The van der Waals surface area contributed by atoms with Crippen LogP contribution in [0.4, 0.5) is 8.78 Å². The predicted molar refractivity (Wildman–Crippen MR) is 49.7 cm³/mol. The normalized spacial score (nSPS) is 16.2. The first kappa shape index (κ1) is 12.3. The number of hydrogen-bond acceptors (Lipinski definition) is 2. The van der Waals surface area contributed by atoms with E-state index in [4.69, 9.17) is 5.84 Å². The van der Waals surface area contributed by atoms with E-state index in [0.717, 1.165) is 6.92 Å². The maximum absolute atomic E-state index is 12.8. The molecule has 0 fully saturated rings. The molecule has 78 valence electrons. The van der Waals surface area contributed by atoms with Crippen LogP contribution in [0.15, 0.2) is 4.99 Å². The van der Waals surface area contributed by atoms with Crippen molar-refractivity contribution in [2.24, 2.45) is 16.8 Å². The van der Waals surface area contributed by atoms with Crippen LogP contribution in [0.5, 0.6) is 0 Å². The van der Waals surface area contributed by atoms with Crippen molar-refractivity contribution in [3.8, 4) is 0 Å². The van der Waals surface area contributed by atoms with Gasteiger partial charge in [0.25, 0.3) is 5.92 Å². The van der Waals surface area contributed by atoms with Gasteiger partial charge in [0.2, 0.25) is 0 Å².